The number of rotatable bonds is 6. The first-order valence-electron chi connectivity index (χ1n) is 8.16. The summed E-state index contributed by atoms with van der Waals surface area (Å²) < 4.78 is 5.65. The lowest BCUT2D eigenvalue weighted by Crippen LogP contribution is -1.94. The van der Waals surface area contributed by atoms with E-state index in [0.29, 0.717) is 12.2 Å². The van der Waals surface area contributed by atoms with Gasteiger partial charge in [-0.25, -0.2) is 4.98 Å². The summed E-state index contributed by atoms with van der Waals surface area (Å²) in [6, 6.07) is 20.0. The van der Waals surface area contributed by atoms with Crippen molar-refractivity contribution in [2.75, 3.05) is 6.61 Å². The van der Waals surface area contributed by atoms with Crippen molar-refractivity contribution in [2.24, 2.45) is 0 Å². The van der Waals surface area contributed by atoms with Crippen molar-refractivity contribution in [1.29, 1.82) is 5.26 Å². The van der Waals surface area contributed by atoms with Crippen LogP contribution < -0.4 is 4.74 Å². The van der Waals surface area contributed by atoms with Crippen LogP contribution in [0.5, 0.6) is 5.75 Å². The Kier molecular flexibility index (Phi) is 5.61. The normalized spacial score (nSPS) is 11.1. The molecule has 0 radical (unpaired) electrons. The maximum atomic E-state index is 9.55. The van der Waals surface area contributed by atoms with E-state index in [1.54, 1.807) is 0 Å². The molecule has 3 rings (SSSR count). The van der Waals surface area contributed by atoms with Crippen molar-refractivity contribution in [2.45, 2.75) is 13.3 Å². The summed E-state index contributed by atoms with van der Waals surface area (Å²) in [5.74, 6) is 0.817. The lowest BCUT2D eigenvalue weighted by atomic mass is 10.1. The molecule has 1 heterocycles. The maximum Gasteiger partial charge on any atom is 0.134 e. The van der Waals surface area contributed by atoms with Crippen LogP contribution in [0.1, 0.15) is 23.9 Å². The van der Waals surface area contributed by atoms with E-state index in [1.165, 1.54) is 11.3 Å². The number of ether oxygens (including phenoxy) is 1. The number of aromatic nitrogens is 1. The van der Waals surface area contributed by atoms with Gasteiger partial charge in [0.05, 0.1) is 17.9 Å². The highest BCUT2D eigenvalue weighted by molar-refractivity contribution is 7.11. The zero-order valence-corrected chi connectivity index (χ0v) is 14.8. The molecule has 0 aliphatic rings. The summed E-state index contributed by atoms with van der Waals surface area (Å²) in [6.07, 6.45) is 2.82. The second kappa shape index (κ2) is 8.27. The predicted molar refractivity (Wildman–Crippen MR) is 103 cm³/mol. The minimum absolute atomic E-state index is 0.555. The van der Waals surface area contributed by atoms with Gasteiger partial charge in [-0.05, 0) is 30.2 Å². The van der Waals surface area contributed by atoms with Crippen molar-refractivity contribution in [3.8, 4) is 23.1 Å². The molecular weight excluding hydrogens is 328 g/mol. The molecule has 0 amide bonds. The van der Waals surface area contributed by atoms with E-state index < -0.39 is 0 Å². The third-order valence-corrected chi connectivity index (χ3v) is 4.44. The molecule has 0 aliphatic carbocycles. The molecule has 0 saturated carbocycles. The molecule has 0 unspecified atom stereocenters. The van der Waals surface area contributed by atoms with E-state index in [-0.39, 0.29) is 0 Å². The van der Waals surface area contributed by atoms with Crippen LogP contribution in [-0.2, 0) is 0 Å². The molecule has 3 nitrogen and oxygen atoms in total. The van der Waals surface area contributed by atoms with Gasteiger partial charge in [-0.2, -0.15) is 5.26 Å². The molecule has 0 spiro atoms. The third-order valence-electron chi connectivity index (χ3n) is 3.57. The molecule has 0 saturated heterocycles. The Morgan fingerprint density at radius 3 is 2.80 bits per heavy atom. The number of hydrogen-bond acceptors (Lipinski definition) is 4. The van der Waals surface area contributed by atoms with Crippen LogP contribution >= 0.6 is 11.3 Å². The average molecular weight is 346 g/mol. The van der Waals surface area contributed by atoms with Crippen LogP contribution in [0.4, 0.5) is 0 Å². The summed E-state index contributed by atoms with van der Waals surface area (Å²) in [5.41, 5.74) is 3.43. The van der Waals surface area contributed by atoms with Crippen molar-refractivity contribution >= 4 is 23.0 Å². The molecule has 25 heavy (non-hydrogen) atoms. The van der Waals surface area contributed by atoms with E-state index >= 15 is 0 Å². The molecule has 1 aromatic heterocycles. The molecule has 0 atom stereocenters. The van der Waals surface area contributed by atoms with E-state index in [2.05, 4.69) is 18.0 Å². The van der Waals surface area contributed by atoms with E-state index in [0.717, 1.165) is 34.0 Å². The fourth-order valence-electron chi connectivity index (χ4n) is 2.36. The largest absolute Gasteiger partial charge is 0.494 e. The number of nitriles is 1. The molecular formula is C21H18N2OS. The first-order chi connectivity index (χ1) is 12.3. The molecule has 0 aliphatic heterocycles. The Hall–Kier alpha value is -2.90. The lowest BCUT2D eigenvalue weighted by molar-refractivity contribution is 0.317. The lowest BCUT2D eigenvalue weighted by Gasteiger charge is -2.05. The van der Waals surface area contributed by atoms with Gasteiger partial charge in [0.2, 0.25) is 0 Å². The quantitative estimate of drug-likeness (QED) is 0.541. The molecule has 2 aromatic carbocycles. The van der Waals surface area contributed by atoms with Gasteiger partial charge in [-0.15, -0.1) is 11.3 Å². The van der Waals surface area contributed by atoms with E-state index in [1.807, 2.05) is 66.1 Å². The van der Waals surface area contributed by atoms with Crippen molar-refractivity contribution in [3.05, 3.63) is 70.5 Å². The fourth-order valence-corrected chi connectivity index (χ4v) is 3.16. The molecule has 4 heteroatoms. The SMILES string of the molecule is CCCOc1cccc(/C=C(/C#N)c2nc(-c3ccccc3)cs2)c1. The van der Waals surface area contributed by atoms with Crippen LogP contribution in [0, 0.1) is 11.3 Å². The van der Waals surface area contributed by atoms with Gasteiger partial charge in [0, 0.05) is 10.9 Å². The van der Waals surface area contributed by atoms with Gasteiger partial charge >= 0.3 is 0 Å². The van der Waals surface area contributed by atoms with Gasteiger partial charge in [-0.3, -0.25) is 0 Å². The summed E-state index contributed by atoms with van der Waals surface area (Å²) >= 11 is 1.48. The fraction of sp³-hybridized carbons (Fsp3) is 0.143. The first kappa shape index (κ1) is 16.9. The Morgan fingerprint density at radius 1 is 1.20 bits per heavy atom. The summed E-state index contributed by atoms with van der Waals surface area (Å²) in [6.45, 7) is 2.76. The van der Waals surface area contributed by atoms with Crippen molar-refractivity contribution in [3.63, 3.8) is 0 Å². The van der Waals surface area contributed by atoms with Crippen LogP contribution in [0.3, 0.4) is 0 Å². The van der Waals surface area contributed by atoms with Crippen LogP contribution in [-0.4, -0.2) is 11.6 Å². The highest BCUT2D eigenvalue weighted by Gasteiger charge is 2.09. The van der Waals surface area contributed by atoms with E-state index in [4.69, 9.17) is 4.74 Å². The monoisotopic (exact) mass is 346 g/mol. The average Bonchev–Trinajstić information content (AvgIpc) is 3.15. The van der Waals surface area contributed by atoms with Gasteiger partial charge in [0.25, 0.3) is 0 Å². The van der Waals surface area contributed by atoms with E-state index in [9.17, 15) is 5.26 Å². The number of benzene rings is 2. The number of thiazole rings is 1. The van der Waals surface area contributed by atoms with Crippen LogP contribution in [0.25, 0.3) is 22.9 Å². The predicted octanol–water partition coefficient (Wildman–Crippen LogP) is 5.66. The summed E-state index contributed by atoms with van der Waals surface area (Å²) in [7, 11) is 0. The molecule has 124 valence electrons. The van der Waals surface area contributed by atoms with Gasteiger partial charge < -0.3 is 4.74 Å². The molecule has 3 aromatic rings. The smallest absolute Gasteiger partial charge is 0.134 e. The standard InChI is InChI=1S/C21H18N2OS/c1-2-11-24-19-10-6-7-16(13-19)12-18(14-22)21-23-20(15-25-21)17-8-4-3-5-9-17/h3-10,12-13,15H,2,11H2,1H3/b18-12-. The number of hydrogen-bond donors (Lipinski definition) is 0. The second-order valence-corrected chi connectivity index (χ2v) is 6.35. The Morgan fingerprint density at radius 2 is 2.04 bits per heavy atom. The topological polar surface area (TPSA) is 45.9 Å². The van der Waals surface area contributed by atoms with Gasteiger partial charge in [0.15, 0.2) is 0 Å². The van der Waals surface area contributed by atoms with Crippen LogP contribution in [0.2, 0.25) is 0 Å². The third kappa shape index (κ3) is 4.34. The highest BCUT2D eigenvalue weighted by Crippen LogP contribution is 2.27. The van der Waals surface area contributed by atoms with Gasteiger partial charge in [-0.1, -0.05) is 49.4 Å². The zero-order chi connectivity index (χ0) is 17.5. The summed E-state index contributed by atoms with van der Waals surface area (Å²) in [5, 5.41) is 12.3. The summed E-state index contributed by atoms with van der Waals surface area (Å²) in [4.78, 5) is 4.62. The van der Waals surface area contributed by atoms with Crippen molar-refractivity contribution in [1.82, 2.24) is 4.98 Å². The van der Waals surface area contributed by atoms with Crippen LogP contribution in [0.15, 0.2) is 60.0 Å². The van der Waals surface area contributed by atoms with Gasteiger partial charge in [0.1, 0.15) is 16.8 Å². The second-order valence-electron chi connectivity index (χ2n) is 5.49. The Balaban J connectivity index is 1.87. The number of allylic oxidation sites excluding steroid dienone is 1. The van der Waals surface area contributed by atoms with Crippen molar-refractivity contribution < 1.29 is 4.74 Å². The Bertz CT molecular complexity index is 907. The molecule has 0 fully saturated rings. The minimum Gasteiger partial charge on any atom is -0.494 e. The molecule has 0 bridgehead atoms. The minimum atomic E-state index is 0.555. The highest BCUT2D eigenvalue weighted by atomic mass is 32.1. The Labute approximate surface area is 151 Å². The zero-order valence-electron chi connectivity index (χ0n) is 14.0. The molecule has 0 N–H and O–H groups in total. The first-order valence-corrected chi connectivity index (χ1v) is 9.04. The number of nitrogens with zero attached hydrogens (tertiary/aromatic N) is 2. The maximum absolute atomic E-state index is 9.55.